The zero-order valence-corrected chi connectivity index (χ0v) is 3.62. The van der Waals surface area contributed by atoms with Gasteiger partial charge >= 0.3 is 94.4 Å². The van der Waals surface area contributed by atoms with Crippen molar-refractivity contribution in [3.63, 3.8) is 0 Å². The smallest absolute Gasteiger partial charge is 0 e. The average molecular weight is 362 g/mol. The van der Waals surface area contributed by atoms with Gasteiger partial charge in [0.1, 0.15) is 0 Å². The minimum Gasteiger partial charge on any atom is 0 e. The Balaban J connectivity index is 0. The predicted octanol–water partition coefficient (Wildman–Crippen LogP) is -3.02. The van der Waals surface area contributed by atoms with E-state index in [2.05, 4.69) is 0 Å². The molecule has 0 unspecified atom stereocenters. The van der Waals surface area contributed by atoms with E-state index in [0.29, 0.717) is 0 Å². The van der Waals surface area contributed by atoms with Crippen LogP contribution in [0, 0.1) is 0 Å². The minimum absolute atomic E-state index is 0. The van der Waals surface area contributed by atoms with Crippen molar-refractivity contribution in [1.82, 2.24) is 0 Å². The molecule has 0 aliphatic rings. The molecule has 0 aliphatic heterocycles. The van der Waals surface area contributed by atoms with E-state index in [1.165, 1.54) is 0 Å². The first-order chi connectivity index (χ1) is 0. The van der Waals surface area contributed by atoms with Gasteiger partial charge in [-0.25, -0.2) is 0 Å². The molecule has 0 rings (SSSR count). The van der Waals surface area contributed by atoms with Crippen LogP contribution >= 0.6 is 0 Å². The van der Waals surface area contributed by atoms with Crippen molar-refractivity contribution in [1.29, 1.82) is 0 Å². The number of hydrogen-bond acceptors (Lipinski definition) is 0. The van der Waals surface area contributed by atoms with Gasteiger partial charge in [0, 0.05) is 38.8 Å². The largest absolute Gasteiger partial charge is 0 e. The van der Waals surface area contributed by atoms with Gasteiger partial charge in [-0.2, -0.15) is 0 Å². The van der Waals surface area contributed by atoms with Gasteiger partial charge in [-0.3, -0.25) is 0 Å². The van der Waals surface area contributed by atoms with Crippen molar-refractivity contribution >= 4 is 112 Å². The van der Waals surface area contributed by atoms with Crippen molar-refractivity contribution in [3.05, 3.63) is 0 Å². The van der Waals surface area contributed by atoms with Crippen molar-refractivity contribution in [2.75, 3.05) is 0 Å². The predicted molar refractivity (Wildman–Crippen MR) is 27.0 cm³/mol. The maximum Gasteiger partial charge on any atom is 0 e. The summed E-state index contributed by atoms with van der Waals surface area (Å²) in [6.07, 6.45) is 0. The quantitative estimate of drug-likeness (QED) is 0.403. The molecule has 0 aliphatic carbocycles. The molecule has 0 spiro atoms. The molecule has 0 saturated carbocycles. The number of rotatable bonds is 0. The third-order valence-electron chi connectivity index (χ3n) is 0. The standard InChI is InChI=1S/Al.Ba.Mn.Sr.Ti.7H. The molecule has 0 amide bonds. The van der Waals surface area contributed by atoms with Crippen LogP contribution in [0.4, 0.5) is 0 Å². The van der Waals surface area contributed by atoms with Gasteiger partial charge < -0.3 is 0 Å². The zero-order valence-electron chi connectivity index (χ0n) is 0.878. The summed E-state index contributed by atoms with van der Waals surface area (Å²) in [6, 6.07) is 0. The van der Waals surface area contributed by atoms with Crippen molar-refractivity contribution in [2.24, 2.45) is 0 Å². The molecule has 0 atom stereocenters. The van der Waals surface area contributed by atoms with E-state index in [1.807, 2.05) is 0 Å². The first kappa shape index (κ1) is 32.9. The summed E-state index contributed by atoms with van der Waals surface area (Å²) >= 11 is 0. The van der Waals surface area contributed by atoms with Crippen LogP contribution in [0.25, 0.3) is 0 Å². The molecule has 0 aromatic rings. The van der Waals surface area contributed by atoms with Gasteiger partial charge in [0.15, 0.2) is 17.4 Å². The Bertz CT molecular complexity index is 11.6. The van der Waals surface area contributed by atoms with Crippen LogP contribution in [-0.4, -0.2) is 112 Å². The zero-order chi connectivity index (χ0) is 0. The van der Waals surface area contributed by atoms with Crippen LogP contribution < -0.4 is 0 Å². The first-order valence-corrected chi connectivity index (χ1v) is 0. The Kier molecular flexibility index (Phi) is 153. The number of hydrogen-bond donors (Lipinski definition) is 0. The van der Waals surface area contributed by atoms with Crippen molar-refractivity contribution in [2.45, 2.75) is 0 Å². The second-order valence-corrected chi connectivity index (χ2v) is 0. The van der Waals surface area contributed by atoms with Gasteiger partial charge in [-0.15, -0.1) is 0 Å². The summed E-state index contributed by atoms with van der Waals surface area (Å²) in [5.41, 5.74) is 0. The molecule has 0 saturated heterocycles. The van der Waals surface area contributed by atoms with E-state index < -0.39 is 0 Å². The van der Waals surface area contributed by atoms with E-state index >= 15 is 0 Å². The van der Waals surface area contributed by atoms with E-state index in [1.54, 1.807) is 0 Å². The monoisotopic (exact) mass is 363 g/mol. The van der Waals surface area contributed by atoms with Crippen LogP contribution in [0.5, 0.6) is 0 Å². The molecule has 0 aromatic heterocycles. The normalized spacial score (nSPS) is 0. The van der Waals surface area contributed by atoms with Crippen molar-refractivity contribution in [3.8, 4) is 0 Å². The molecule has 1 radical (unpaired) electrons. The SMILES string of the molecule is [AlH3].[BaH2].[Mn].[SrH2].[Ti]. The van der Waals surface area contributed by atoms with Gasteiger partial charge in [0.2, 0.25) is 0 Å². The maximum absolute atomic E-state index is 0. The molecule has 0 N–H and O–H groups in total. The molecular formula is H7AlBaMnSrTi. The molecule has 25 valence electrons. The van der Waals surface area contributed by atoms with Crippen LogP contribution in [0.1, 0.15) is 0 Å². The third-order valence-corrected chi connectivity index (χ3v) is 0. The summed E-state index contributed by atoms with van der Waals surface area (Å²) < 4.78 is 0. The Morgan fingerprint density at radius 2 is 1.00 bits per heavy atom. The van der Waals surface area contributed by atoms with E-state index in [-0.39, 0.29) is 151 Å². The van der Waals surface area contributed by atoms with Crippen molar-refractivity contribution < 1.29 is 38.8 Å². The van der Waals surface area contributed by atoms with Crippen LogP contribution in [0.3, 0.4) is 0 Å². The molecule has 5 heteroatoms. The van der Waals surface area contributed by atoms with Crippen LogP contribution in [-0.2, 0) is 38.8 Å². The summed E-state index contributed by atoms with van der Waals surface area (Å²) in [4.78, 5) is 0. The fourth-order valence-corrected chi connectivity index (χ4v) is 0. The first-order valence-electron chi connectivity index (χ1n) is 0. The molecule has 0 bridgehead atoms. The molecular weight excluding hydrogens is 355 g/mol. The van der Waals surface area contributed by atoms with E-state index in [0.717, 1.165) is 0 Å². The minimum atomic E-state index is 0. The molecule has 0 nitrogen and oxygen atoms in total. The molecule has 0 heterocycles. The van der Waals surface area contributed by atoms with E-state index in [4.69, 9.17) is 0 Å². The van der Waals surface area contributed by atoms with Crippen LogP contribution in [0.15, 0.2) is 0 Å². The summed E-state index contributed by atoms with van der Waals surface area (Å²) in [5.74, 6) is 0. The summed E-state index contributed by atoms with van der Waals surface area (Å²) in [5, 5.41) is 0. The Labute approximate surface area is 146 Å². The van der Waals surface area contributed by atoms with E-state index in [9.17, 15) is 0 Å². The molecule has 0 aromatic carbocycles. The molecule has 5 heavy (non-hydrogen) atoms. The maximum atomic E-state index is 0. The molecule has 0 fully saturated rings. The Hall–Kier alpha value is 4.82. The van der Waals surface area contributed by atoms with Gasteiger partial charge in [-0.05, 0) is 0 Å². The second kappa shape index (κ2) is 23.2. The average Bonchev–Trinajstić information content (AvgIpc) is 0. The fraction of sp³-hybridized carbons (Fsp3) is 0. The van der Waals surface area contributed by atoms with Gasteiger partial charge in [-0.1, -0.05) is 0 Å². The van der Waals surface area contributed by atoms with Gasteiger partial charge in [0.25, 0.3) is 0 Å². The fourth-order valence-electron chi connectivity index (χ4n) is 0. The Morgan fingerprint density at radius 1 is 1.00 bits per heavy atom. The topological polar surface area (TPSA) is 0 Å². The summed E-state index contributed by atoms with van der Waals surface area (Å²) in [6.45, 7) is 0. The third kappa shape index (κ3) is 17.7. The second-order valence-electron chi connectivity index (χ2n) is 0. The van der Waals surface area contributed by atoms with Crippen LogP contribution in [0.2, 0.25) is 0 Å². The summed E-state index contributed by atoms with van der Waals surface area (Å²) in [7, 11) is 0. The van der Waals surface area contributed by atoms with Gasteiger partial charge in [0.05, 0.1) is 0 Å². The Morgan fingerprint density at radius 3 is 1.00 bits per heavy atom.